The van der Waals surface area contributed by atoms with E-state index in [4.69, 9.17) is 0 Å². The lowest BCUT2D eigenvalue weighted by molar-refractivity contribution is -0.123. The third-order valence-corrected chi connectivity index (χ3v) is 6.76. The summed E-state index contributed by atoms with van der Waals surface area (Å²) in [5, 5.41) is 6.77. The van der Waals surface area contributed by atoms with Crippen LogP contribution in [0.5, 0.6) is 0 Å². The lowest BCUT2D eigenvalue weighted by Gasteiger charge is -2.21. The van der Waals surface area contributed by atoms with E-state index in [-0.39, 0.29) is 17.6 Å². The summed E-state index contributed by atoms with van der Waals surface area (Å²) in [7, 11) is 4.12. The third-order valence-electron chi connectivity index (χ3n) is 6.76. The molecule has 0 aliphatic heterocycles. The molecule has 2 aromatic rings. The van der Waals surface area contributed by atoms with E-state index < -0.39 is 6.04 Å². The lowest BCUT2D eigenvalue weighted by Crippen LogP contribution is -2.47. The normalized spacial score (nSPS) is 16.9. The second-order valence-electron chi connectivity index (χ2n) is 9.97. The number of allylic oxidation sites excluding steroid dienone is 2. The molecule has 7 heteroatoms. The number of likely N-dealkylation sites (N-methyl/N-ethyl adjacent to an activating group) is 1. The summed E-state index contributed by atoms with van der Waals surface area (Å²) < 4.78 is 13.6. The van der Waals surface area contributed by atoms with Crippen LogP contribution in [0, 0.1) is 18.7 Å². The SMILES string of the molecule is Cc1c(C(=O)NC(CCC2CC2)C(=O)NCC2=CC=C(CN(C)C)CC2)[nH]c2cc(F)ccc12. The van der Waals surface area contributed by atoms with Crippen LogP contribution in [0.25, 0.3) is 10.9 Å². The molecule has 182 valence electrons. The van der Waals surface area contributed by atoms with Crippen molar-refractivity contribution in [3.63, 3.8) is 0 Å². The molecule has 2 aliphatic rings. The highest BCUT2D eigenvalue weighted by atomic mass is 19.1. The van der Waals surface area contributed by atoms with Crippen molar-refractivity contribution in [1.29, 1.82) is 0 Å². The van der Waals surface area contributed by atoms with E-state index in [1.807, 2.05) is 6.92 Å². The molecule has 1 saturated carbocycles. The number of carbonyl (C=O) groups is 2. The Hall–Kier alpha value is -2.93. The number of nitrogens with zero attached hydrogens (tertiary/aromatic N) is 1. The highest BCUT2D eigenvalue weighted by Gasteiger charge is 2.28. The van der Waals surface area contributed by atoms with Gasteiger partial charge < -0.3 is 20.5 Å². The van der Waals surface area contributed by atoms with Gasteiger partial charge in [-0.25, -0.2) is 4.39 Å². The standard InChI is InChI=1S/C27H35FN4O2/c1-17-22-12-11-21(28)14-24(22)30-25(17)27(34)31-23(13-10-18-4-5-18)26(33)29-15-19-6-8-20(9-7-19)16-32(2)3/h6,8,11-12,14,18,23,30H,4-5,7,9-10,13,15-16H2,1-3H3,(H,29,33)(H,31,34). The van der Waals surface area contributed by atoms with E-state index in [2.05, 4.69) is 46.8 Å². The van der Waals surface area contributed by atoms with E-state index in [0.717, 1.165) is 36.8 Å². The van der Waals surface area contributed by atoms with Crippen LogP contribution in [0.3, 0.4) is 0 Å². The summed E-state index contributed by atoms with van der Waals surface area (Å²) in [6.07, 6.45) is 10.1. The van der Waals surface area contributed by atoms with Gasteiger partial charge in [-0.3, -0.25) is 9.59 Å². The van der Waals surface area contributed by atoms with Gasteiger partial charge in [0.2, 0.25) is 5.91 Å². The van der Waals surface area contributed by atoms with Crippen molar-refractivity contribution in [3.05, 3.63) is 58.6 Å². The molecular weight excluding hydrogens is 431 g/mol. The number of hydrogen-bond acceptors (Lipinski definition) is 3. The van der Waals surface area contributed by atoms with Gasteiger partial charge in [-0.05, 0) is 76.4 Å². The molecule has 3 N–H and O–H groups in total. The zero-order chi connectivity index (χ0) is 24.2. The highest BCUT2D eigenvalue weighted by molar-refractivity contribution is 6.02. The fourth-order valence-electron chi connectivity index (χ4n) is 4.58. The number of carbonyl (C=O) groups excluding carboxylic acids is 2. The topological polar surface area (TPSA) is 77.2 Å². The minimum Gasteiger partial charge on any atom is -0.351 e. The number of aromatic amines is 1. The van der Waals surface area contributed by atoms with Crippen LogP contribution in [0.15, 0.2) is 41.5 Å². The van der Waals surface area contributed by atoms with Gasteiger partial charge >= 0.3 is 0 Å². The summed E-state index contributed by atoms with van der Waals surface area (Å²) in [4.78, 5) is 31.3. The first-order valence-corrected chi connectivity index (χ1v) is 12.2. The quantitative estimate of drug-likeness (QED) is 0.490. The van der Waals surface area contributed by atoms with Crippen LogP contribution < -0.4 is 10.6 Å². The average molecular weight is 467 g/mol. The molecule has 0 spiro atoms. The Labute approximate surface area is 200 Å². The van der Waals surface area contributed by atoms with Crippen LogP contribution in [-0.4, -0.2) is 54.9 Å². The van der Waals surface area contributed by atoms with Crippen molar-refractivity contribution in [2.24, 2.45) is 5.92 Å². The number of aromatic nitrogens is 1. The van der Waals surface area contributed by atoms with E-state index >= 15 is 0 Å². The molecule has 1 aromatic carbocycles. The number of amides is 2. The van der Waals surface area contributed by atoms with Crippen LogP contribution in [0.1, 0.15) is 54.6 Å². The third kappa shape index (κ3) is 6.14. The predicted molar refractivity (Wildman–Crippen MR) is 133 cm³/mol. The van der Waals surface area contributed by atoms with Crippen LogP contribution in [-0.2, 0) is 4.79 Å². The van der Waals surface area contributed by atoms with Gasteiger partial charge in [0.05, 0.1) is 0 Å². The summed E-state index contributed by atoms with van der Waals surface area (Å²) >= 11 is 0. The second kappa shape index (κ2) is 10.6. The number of benzene rings is 1. The maximum absolute atomic E-state index is 13.6. The number of hydrogen-bond donors (Lipinski definition) is 3. The highest BCUT2D eigenvalue weighted by Crippen LogP contribution is 2.34. The van der Waals surface area contributed by atoms with Gasteiger partial charge in [0.1, 0.15) is 17.6 Å². The van der Waals surface area contributed by atoms with Crippen LogP contribution in [0.2, 0.25) is 0 Å². The van der Waals surface area contributed by atoms with E-state index in [1.165, 1.54) is 36.1 Å². The molecule has 2 aliphatic carbocycles. The molecule has 1 fully saturated rings. The van der Waals surface area contributed by atoms with E-state index in [0.29, 0.717) is 30.1 Å². The molecule has 1 unspecified atom stereocenters. The van der Waals surface area contributed by atoms with Gasteiger partial charge in [-0.1, -0.05) is 36.1 Å². The van der Waals surface area contributed by atoms with Crippen LogP contribution in [0.4, 0.5) is 4.39 Å². The van der Waals surface area contributed by atoms with Crippen molar-refractivity contribution in [2.45, 2.75) is 51.5 Å². The molecule has 1 aromatic heterocycles. The Morgan fingerprint density at radius 3 is 2.59 bits per heavy atom. The largest absolute Gasteiger partial charge is 0.351 e. The van der Waals surface area contributed by atoms with E-state index in [9.17, 15) is 14.0 Å². The maximum atomic E-state index is 13.6. The number of rotatable bonds is 10. The Morgan fingerprint density at radius 1 is 1.18 bits per heavy atom. The lowest BCUT2D eigenvalue weighted by atomic mass is 9.98. The summed E-state index contributed by atoms with van der Waals surface area (Å²) in [6, 6.07) is 3.84. The van der Waals surface area contributed by atoms with Crippen LogP contribution >= 0.6 is 0 Å². The summed E-state index contributed by atoms with van der Waals surface area (Å²) in [6.45, 7) is 3.27. The van der Waals surface area contributed by atoms with Crippen molar-refractivity contribution in [1.82, 2.24) is 20.5 Å². The molecular formula is C27H35FN4O2. The van der Waals surface area contributed by atoms with Gasteiger partial charge in [0.15, 0.2) is 0 Å². The Balaban J connectivity index is 1.40. The van der Waals surface area contributed by atoms with Crippen molar-refractivity contribution in [2.75, 3.05) is 27.2 Å². The number of aryl methyl sites for hydroxylation is 1. The molecule has 6 nitrogen and oxygen atoms in total. The number of H-pyrrole nitrogens is 1. The monoisotopic (exact) mass is 466 g/mol. The smallest absolute Gasteiger partial charge is 0.268 e. The predicted octanol–water partition coefficient (Wildman–Crippen LogP) is 4.23. The second-order valence-corrected chi connectivity index (χ2v) is 9.97. The first-order valence-electron chi connectivity index (χ1n) is 12.2. The van der Waals surface area contributed by atoms with Crippen molar-refractivity contribution in [3.8, 4) is 0 Å². The molecule has 1 heterocycles. The summed E-state index contributed by atoms with van der Waals surface area (Å²) in [5.74, 6) is -0.189. The number of fused-ring (bicyclic) bond motifs is 1. The minimum atomic E-state index is -0.598. The molecule has 34 heavy (non-hydrogen) atoms. The Morgan fingerprint density at radius 2 is 1.91 bits per heavy atom. The van der Waals surface area contributed by atoms with Gasteiger partial charge in [-0.2, -0.15) is 0 Å². The average Bonchev–Trinajstić information content (AvgIpc) is 3.57. The zero-order valence-electron chi connectivity index (χ0n) is 20.3. The molecule has 0 bridgehead atoms. The zero-order valence-corrected chi connectivity index (χ0v) is 20.3. The molecule has 0 radical (unpaired) electrons. The van der Waals surface area contributed by atoms with Gasteiger partial charge in [-0.15, -0.1) is 0 Å². The maximum Gasteiger partial charge on any atom is 0.268 e. The first-order chi connectivity index (χ1) is 16.3. The Kier molecular flexibility index (Phi) is 7.51. The molecule has 1 atom stereocenters. The minimum absolute atomic E-state index is 0.155. The number of halogens is 1. The van der Waals surface area contributed by atoms with Crippen molar-refractivity contribution < 1.29 is 14.0 Å². The van der Waals surface area contributed by atoms with Crippen molar-refractivity contribution >= 4 is 22.7 Å². The Bertz CT molecular complexity index is 1130. The first kappa shape index (κ1) is 24.2. The van der Waals surface area contributed by atoms with Gasteiger partial charge in [0.25, 0.3) is 5.91 Å². The fraction of sp³-hybridized carbons (Fsp3) is 0.481. The summed E-state index contributed by atoms with van der Waals surface area (Å²) in [5.41, 5.74) is 4.28. The fourth-order valence-corrected chi connectivity index (χ4v) is 4.58. The molecule has 0 saturated heterocycles. The molecule has 2 amide bonds. The molecule has 4 rings (SSSR count). The van der Waals surface area contributed by atoms with E-state index in [1.54, 1.807) is 6.07 Å². The number of nitrogens with one attached hydrogen (secondary N) is 3. The van der Waals surface area contributed by atoms with Gasteiger partial charge in [0, 0.05) is 24.0 Å².